The number of Topliss-reactive ketones (excluding diaryl/α,β-unsaturated/α-hetero) is 2. The molecular weight excluding hydrogens is 317 g/mol. The summed E-state index contributed by atoms with van der Waals surface area (Å²) in [7, 11) is 0. The Bertz CT molecular complexity index is 279. The van der Waals surface area contributed by atoms with Gasteiger partial charge in [0.2, 0.25) is 15.9 Å². The highest BCUT2D eigenvalue weighted by atomic mass is 35.5. The first kappa shape index (κ1) is 13.1. The number of carbonyl (C=O) groups is 2. The summed E-state index contributed by atoms with van der Waals surface area (Å²) in [6, 6.07) is 0. The summed E-state index contributed by atoms with van der Waals surface area (Å²) in [4.78, 5) is 22.8. The SMILES string of the molecule is O=C1C(Cl)(Cl)CC(Cl)(Cl)C(=O)C1(Cl)Cl. The van der Waals surface area contributed by atoms with Crippen LogP contribution in [0.5, 0.6) is 0 Å². The lowest BCUT2D eigenvalue weighted by molar-refractivity contribution is -0.131. The van der Waals surface area contributed by atoms with E-state index >= 15 is 0 Å². The Balaban J connectivity index is 3.24. The van der Waals surface area contributed by atoms with Crippen molar-refractivity contribution in [2.45, 2.75) is 19.4 Å². The average Bonchev–Trinajstić information content (AvgIpc) is 1.97. The Labute approximate surface area is 110 Å². The summed E-state index contributed by atoms with van der Waals surface area (Å²) in [6.45, 7) is 0. The van der Waals surface area contributed by atoms with E-state index in [0.717, 1.165) is 0 Å². The van der Waals surface area contributed by atoms with Gasteiger partial charge in [-0.05, 0) is 0 Å². The molecule has 0 bridgehead atoms. The molecule has 1 aliphatic carbocycles. The Morgan fingerprint density at radius 3 is 1.36 bits per heavy atom. The maximum atomic E-state index is 11.4. The zero-order valence-corrected chi connectivity index (χ0v) is 10.8. The van der Waals surface area contributed by atoms with Crippen LogP contribution in [0.4, 0.5) is 0 Å². The smallest absolute Gasteiger partial charge is 0.239 e. The molecule has 80 valence electrons. The molecule has 0 saturated heterocycles. The van der Waals surface area contributed by atoms with Gasteiger partial charge in [-0.2, -0.15) is 0 Å². The molecule has 0 spiro atoms. The topological polar surface area (TPSA) is 34.1 Å². The number of carbonyl (C=O) groups excluding carboxylic acids is 2. The number of hydrogen-bond acceptors (Lipinski definition) is 2. The lowest BCUT2D eigenvalue weighted by Gasteiger charge is -2.37. The largest absolute Gasteiger partial charge is 0.292 e. The van der Waals surface area contributed by atoms with E-state index < -0.39 is 31.0 Å². The van der Waals surface area contributed by atoms with Gasteiger partial charge in [0.15, 0.2) is 8.67 Å². The molecule has 14 heavy (non-hydrogen) atoms. The van der Waals surface area contributed by atoms with Gasteiger partial charge in [-0.1, -0.05) is 69.6 Å². The summed E-state index contributed by atoms with van der Waals surface area (Å²) in [6.07, 6.45) is -0.453. The van der Waals surface area contributed by atoms with E-state index in [9.17, 15) is 9.59 Å². The van der Waals surface area contributed by atoms with Gasteiger partial charge in [0.1, 0.15) is 0 Å². The van der Waals surface area contributed by atoms with Crippen LogP contribution in [0.15, 0.2) is 0 Å². The molecular formula is C6H2Cl6O2. The zero-order valence-electron chi connectivity index (χ0n) is 6.29. The van der Waals surface area contributed by atoms with Gasteiger partial charge in [0, 0.05) is 6.42 Å². The molecule has 0 unspecified atom stereocenters. The molecule has 0 radical (unpaired) electrons. The summed E-state index contributed by atoms with van der Waals surface area (Å²) in [5.74, 6) is -2.06. The molecule has 8 heteroatoms. The van der Waals surface area contributed by atoms with Crippen molar-refractivity contribution in [2.75, 3.05) is 0 Å². The summed E-state index contributed by atoms with van der Waals surface area (Å²) >= 11 is 33.3. The fourth-order valence-electron chi connectivity index (χ4n) is 1.00. The van der Waals surface area contributed by atoms with Crippen molar-refractivity contribution in [2.24, 2.45) is 0 Å². The second-order valence-electron chi connectivity index (χ2n) is 2.82. The minimum Gasteiger partial charge on any atom is -0.292 e. The molecule has 0 N–H and O–H groups in total. The van der Waals surface area contributed by atoms with Gasteiger partial charge in [0.25, 0.3) is 0 Å². The van der Waals surface area contributed by atoms with Gasteiger partial charge in [-0.3, -0.25) is 9.59 Å². The van der Waals surface area contributed by atoms with Crippen molar-refractivity contribution in [1.82, 2.24) is 0 Å². The maximum absolute atomic E-state index is 11.4. The molecule has 1 rings (SSSR count). The van der Waals surface area contributed by atoms with Gasteiger partial charge in [-0.25, -0.2) is 0 Å². The van der Waals surface area contributed by atoms with E-state index in [1.54, 1.807) is 0 Å². The average molecular weight is 319 g/mol. The first-order chi connectivity index (χ1) is 6.02. The lowest BCUT2D eigenvalue weighted by Crippen LogP contribution is -2.58. The van der Waals surface area contributed by atoms with Gasteiger partial charge < -0.3 is 0 Å². The number of alkyl halides is 6. The van der Waals surface area contributed by atoms with Gasteiger partial charge in [-0.15, -0.1) is 0 Å². The summed E-state index contributed by atoms with van der Waals surface area (Å²) in [5.41, 5.74) is 0. The number of ketones is 2. The Morgan fingerprint density at radius 1 is 0.786 bits per heavy atom. The molecule has 0 aromatic rings. The van der Waals surface area contributed by atoms with Crippen molar-refractivity contribution in [3.8, 4) is 0 Å². The monoisotopic (exact) mass is 316 g/mol. The number of halogens is 6. The lowest BCUT2D eigenvalue weighted by atomic mass is 9.94. The van der Waals surface area contributed by atoms with E-state index in [2.05, 4.69) is 0 Å². The Kier molecular flexibility index (Phi) is 3.33. The fraction of sp³-hybridized carbons (Fsp3) is 0.667. The van der Waals surface area contributed by atoms with Gasteiger partial charge >= 0.3 is 0 Å². The van der Waals surface area contributed by atoms with Crippen LogP contribution < -0.4 is 0 Å². The van der Waals surface area contributed by atoms with Gasteiger partial charge in [0.05, 0.1) is 0 Å². The quantitative estimate of drug-likeness (QED) is 0.508. The van der Waals surface area contributed by atoms with Crippen LogP contribution >= 0.6 is 69.6 Å². The van der Waals surface area contributed by atoms with Crippen LogP contribution in [0, 0.1) is 0 Å². The molecule has 1 fully saturated rings. The molecule has 0 amide bonds. The molecule has 2 nitrogen and oxygen atoms in total. The number of hydrogen-bond donors (Lipinski definition) is 0. The van der Waals surface area contributed by atoms with Crippen molar-refractivity contribution < 1.29 is 9.59 Å². The summed E-state index contributed by atoms with van der Waals surface area (Å²) < 4.78 is -6.31. The third kappa shape index (κ3) is 1.98. The fourth-order valence-corrected chi connectivity index (χ4v) is 3.68. The molecule has 0 heterocycles. The highest BCUT2D eigenvalue weighted by Crippen LogP contribution is 2.51. The van der Waals surface area contributed by atoms with Crippen LogP contribution in [0.3, 0.4) is 0 Å². The molecule has 0 aromatic carbocycles. The summed E-state index contributed by atoms with van der Waals surface area (Å²) in [5, 5.41) is 0. The second kappa shape index (κ2) is 3.54. The predicted molar refractivity (Wildman–Crippen MR) is 57.9 cm³/mol. The van der Waals surface area contributed by atoms with Crippen LogP contribution in [0.2, 0.25) is 0 Å². The minimum atomic E-state index is -2.40. The van der Waals surface area contributed by atoms with Crippen LogP contribution in [-0.2, 0) is 9.59 Å². The first-order valence-corrected chi connectivity index (χ1v) is 5.52. The van der Waals surface area contributed by atoms with E-state index in [-0.39, 0.29) is 0 Å². The second-order valence-corrected chi connectivity index (χ2v) is 7.11. The minimum absolute atomic E-state index is 0.453. The normalized spacial score (nSPS) is 29.0. The van der Waals surface area contributed by atoms with Crippen molar-refractivity contribution in [1.29, 1.82) is 0 Å². The maximum Gasteiger partial charge on any atom is 0.239 e. The molecule has 0 aromatic heterocycles. The zero-order chi connectivity index (χ0) is 11.4. The van der Waals surface area contributed by atoms with E-state index in [0.29, 0.717) is 0 Å². The van der Waals surface area contributed by atoms with Crippen molar-refractivity contribution >= 4 is 81.2 Å². The Hall–Kier alpha value is 1.08. The first-order valence-electron chi connectivity index (χ1n) is 3.25. The molecule has 1 saturated carbocycles. The molecule has 1 aliphatic rings. The van der Waals surface area contributed by atoms with E-state index in [1.807, 2.05) is 0 Å². The molecule has 0 aliphatic heterocycles. The highest BCUT2D eigenvalue weighted by Gasteiger charge is 2.64. The predicted octanol–water partition coefficient (Wildman–Crippen LogP) is 3.05. The van der Waals surface area contributed by atoms with E-state index in [4.69, 9.17) is 69.6 Å². The van der Waals surface area contributed by atoms with Crippen molar-refractivity contribution in [3.05, 3.63) is 0 Å². The number of rotatable bonds is 0. The van der Waals surface area contributed by atoms with Crippen LogP contribution in [0.1, 0.15) is 6.42 Å². The molecule has 0 atom stereocenters. The third-order valence-electron chi connectivity index (χ3n) is 1.68. The standard InChI is InChI=1S/C6H2Cl6O2/c7-4(8)1-5(9,10)3(14)6(11,12)2(4)13/h1H2. The van der Waals surface area contributed by atoms with Crippen molar-refractivity contribution in [3.63, 3.8) is 0 Å². The Morgan fingerprint density at radius 2 is 1.07 bits per heavy atom. The highest BCUT2D eigenvalue weighted by molar-refractivity contribution is 6.80. The van der Waals surface area contributed by atoms with E-state index in [1.165, 1.54) is 0 Å². The third-order valence-corrected chi connectivity index (χ3v) is 3.59. The van der Waals surface area contributed by atoms with Crippen LogP contribution in [-0.4, -0.2) is 24.6 Å². The van der Waals surface area contributed by atoms with Crippen LogP contribution in [0.25, 0.3) is 0 Å².